The monoisotopic (exact) mass is 228 g/mol. The summed E-state index contributed by atoms with van der Waals surface area (Å²) in [5, 5.41) is 1.18. The third-order valence-corrected chi connectivity index (χ3v) is 2.59. The third-order valence-electron chi connectivity index (χ3n) is 1.27. The van der Waals surface area contributed by atoms with E-state index in [4.69, 9.17) is 5.73 Å². The first-order chi connectivity index (χ1) is 4.74. The first-order valence-electron chi connectivity index (χ1n) is 3.38. The van der Waals surface area contributed by atoms with Crippen molar-refractivity contribution in [2.24, 2.45) is 5.73 Å². The van der Waals surface area contributed by atoms with Gasteiger partial charge in [0.05, 0.1) is 5.01 Å². The van der Waals surface area contributed by atoms with E-state index in [1.165, 1.54) is 9.88 Å². The van der Waals surface area contributed by atoms with Gasteiger partial charge >= 0.3 is 0 Å². The molecule has 1 heterocycles. The molecule has 0 fully saturated rings. The minimum Gasteiger partial charge on any atom is -0.326 e. The summed E-state index contributed by atoms with van der Waals surface area (Å²) in [5.41, 5.74) is 5.43. The van der Waals surface area contributed by atoms with E-state index in [0.29, 0.717) is 12.5 Å². The standard InChI is InChI=1S/C7H12N2S.2ClH/c1-5(2)7-9-4-6(3-8)10-7;;/h4-5H,3,8H2,1-2H3;2*1H. The van der Waals surface area contributed by atoms with Gasteiger partial charge in [-0.2, -0.15) is 0 Å². The Labute approximate surface area is 89.4 Å². The minimum atomic E-state index is 0. The fourth-order valence-corrected chi connectivity index (χ4v) is 1.48. The molecule has 0 amide bonds. The normalized spacial score (nSPS) is 9.00. The Bertz CT molecular complexity index is 213. The maximum absolute atomic E-state index is 5.43. The molecule has 1 aromatic rings. The van der Waals surface area contributed by atoms with Gasteiger partial charge in [-0.25, -0.2) is 4.98 Å². The van der Waals surface area contributed by atoms with Crippen LogP contribution in [0.25, 0.3) is 0 Å². The molecular weight excluding hydrogens is 215 g/mol. The van der Waals surface area contributed by atoms with Crippen molar-refractivity contribution in [1.29, 1.82) is 0 Å². The van der Waals surface area contributed by atoms with Crippen LogP contribution in [0, 0.1) is 0 Å². The predicted octanol–water partition coefficient (Wildman–Crippen LogP) is 2.57. The summed E-state index contributed by atoms with van der Waals surface area (Å²) in [5.74, 6) is 0.533. The van der Waals surface area contributed by atoms with Crippen molar-refractivity contribution in [3.05, 3.63) is 16.1 Å². The molecule has 2 N–H and O–H groups in total. The zero-order valence-electron chi connectivity index (χ0n) is 7.11. The number of nitrogens with zero attached hydrogens (tertiary/aromatic N) is 1. The van der Waals surface area contributed by atoms with E-state index in [0.717, 1.165) is 0 Å². The summed E-state index contributed by atoms with van der Waals surface area (Å²) < 4.78 is 0. The smallest absolute Gasteiger partial charge is 0.0953 e. The first kappa shape index (κ1) is 14.7. The second kappa shape index (κ2) is 6.66. The summed E-state index contributed by atoms with van der Waals surface area (Å²) in [7, 11) is 0. The molecule has 0 unspecified atom stereocenters. The summed E-state index contributed by atoms with van der Waals surface area (Å²) in [4.78, 5) is 5.40. The lowest BCUT2D eigenvalue weighted by atomic mass is 10.2. The zero-order chi connectivity index (χ0) is 7.56. The van der Waals surface area contributed by atoms with Crippen molar-refractivity contribution in [3.63, 3.8) is 0 Å². The van der Waals surface area contributed by atoms with Crippen molar-refractivity contribution in [2.45, 2.75) is 26.3 Å². The van der Waals surface area contributed by atoms with E-state index in [9.17, 15) is 0 Å². The average molecular weight is 229 g/mol. The number of aromatic nitrogens is 1. The van der Waals surface area contributed by atoms with E-state index >= 15 is 0 Å². The Morgan fingerprint density at radius 3 is 2.33 bits per heavy atom. The van der Waals surface area contributed by atoms with Gasteiger partial charge in [-0.1, -0.05) is 13.8 Å². The topological polar surface area (TPSA) is 38.9 Å². The van der Waals surface area contributed by atoms with Gasteiger partial charge in [0.2, 0.25) is 0 Å². The highest BCUT2D eigenvalue weighted by Gasteiger charge is 2.03. The molecular formula is C7H14Cl2N2S. The molecule has 2 nitrogen and oxygen atoms in total. The molecule has 0 spiro atoms. The van der Waals surface area contributed by atoms with Crippen LogP contribution in [0.4, 0.5) is 0 Å². The van der Waals surface area contributed by atoms with Crippen molar-refractivity contribution in [1.82, 2.24) is 4.98 Å². The van der Waals surface area contributed by atoms with Gasteiger partial charge in [0.1, 0.15) is 0 Å². The van der Waals surface area contributed by atoms with E-state index in [-0.39, 0.29) is 24.8 Å². The second-order valence-corrected chi connectivity index (χ2v) is 3.67. The molecule has 5 heteroatoms. The summed E-state index contributed by atoms with van der Waals surface area (Å²) in [6, 6.07) is 0. The van der Waals surface area contributed by atoms with Crippen LogP contribution < -0.4 is 5.73 Å². The summed E-state index contributed by atoms with van der Waals surface area (Å²) >= 11 is 1.70. The van der Waals surface area contributed by atoms with E-state index in [1.54, 1.807) is 11.3 Å². The van der Waals surface area contributed by atoms with Crippen molar-refractivity contribution in [3.8, 4) is 0 Å². The van der Waals surface area contributed by atoms with Crippen LogP contribution in [0.3, 0.4) is 0 Å². The molecule has 1 aromatic heterocycles. The van der Waals surface area contributed by atoms with Crippen molar-refractivity contribution >= 4 is 36.2 Å². The highest BCUT2D eigenvalue weighted by atomic mass is 35.5. The van der Waals surface area contributed by atoms with E-state index in [1.807, 2.05) is 6.20 Å². The van der Waals surface area contributed by atoms with Crippen LogP contribution >= 0.6 is 36.2 Å². The van der Waals surface area contributed by atoms with Crippen LogP contribution in [0.2, 0.25) is 0 Å². The van der Waals surface area contributed by atoms with Gasteiger partial charge in [-0.15, -0.1) is 36.2 Å². The van der Waals surface area contributed by atoms with Gasteiger partial charge in [0, 0.05) is 23.5 Å². The highest BCUT2D eigenvalue weighted by Crippen LogP contribution is 2.20. The Kier molecular flexibility index (Phi) is 8.15. The van der Waals surface area contributed by atoms with Crippen LogP contribution in [0.1, 0.15) is 29.7 Å². The highest BCUT2D eigenvalue weighted by molar-refractivity contribution is 7.11. The number of hydrogen-bond acceptors (Lipinski definition) is 3. The minimum absolute atomic E-state index is 0. The third kappa shape index (κ3) is 3.72. The average Bonchev–Trinajstić information content (AvgIpc) is 2.34. The molecule has 12 heavy (non-hydrogen) atoms. The van der Waals surface area contributed by atoms with Crippen LogP contribution in [-0.4, -0.2) is 4.98 Å². The Hall–Kier alpha value is 0.170. The summed E-state index contributed by atoms with van der Waals surface area (Å²) in [6.45, 7) is 4.89. The van der Waals surface area contributed by atoms with E-state index in [2.05, 4.69) is 18.8 Å². The molecule has 72 valence electrons. The molecule has 0 atom stereocenters. The first-order valence-corrected chi connectivity index (χ1v) is 4.20. The van der Waals surface area contributed by atoms with Crippen molar-refractivity contribution < 1.29 is 0 Å². The maximum atomic E-state index is 5.43. The van der Waals surface area contributed by atoms with Crippen molar-refractivity contribution in [2.75, 3.05) is 0 Å². The van der Waals surface area contributed by atoms with Gasteiger partial charge in [-0.05, 0) is 0 Å². The summed E-state index contributed by atoms with van der Waals surface area (Å²) in [6.07, 6.45) is 1.86. The van der Waals surface area contributed by atoms with E-state index < -0.39 is 0 Å². The quantitative estimate of drug-likeness (QED) is 0.846. The lowest BCUT2D eigenvalue weighted by Crippen LogP contribution is -1.91. The fraction of sp³-hybridized carbons (Fsp3) is 0.571. The SMILES string of the molecule is CC(C)c1ncc(CN)s1.Cl.Cl. The molecule has 0 aliphatic carbocycles. The Balaban J connectivity index is 0. The number of rotatable bonds is 2. The Morgan fingerprint density at radius 2 is 2.08 bits per heavy atom. The lowest BCUT2D eigenvalue weighted by Gasteiger charge is -1.94. The van der Waals surface area contributed by atoms with Crippen LogP contribution in [-0.2, 0) is 6.54 Å². The maximum Gasteiger partial charge on any atom is 0.0953 e. The molecule has 1 rings (SSSR count). The van der Waals surface area contributed by atoms with Crippen LogP contribution in [0.5, 0.6) is 0 Å². The van der Waals surface area contributed by atoms with Gasteiger partial charge in [-0.3, -0.25) is 0 Å². The molecule has 0 aliphatic rings. The molecule has 0 radical (unpaired) electrons. The largest absolute Gasteiger partial charge is 0.326 e. The zero-order valence-corrected chi connectivity index (χ0v) is 9.56. The number of hydrogen-bond donors (Lipinski definition) is 1. The van der Waals surface area contributed by atoms with Gasteiger partial charge in [0.15, 0.2) is 0 Å². The molecule has 0 aliphatic heterocycles. The molecule has 0 saturated heterocycles. The molecule has 0 saturated carbocycles. The Morgan fingerprint density at radius 1 is 1.50 bits per heavy atom. The number of thiazole rings is 1. The second-order valence-electron chi connectivity index (χ2n) is 2.52. The lowest BCUT2D eigenvalue weighted by molar-refractivity contribution is 0.852. The number of halogens is 2. The fourth-order valence-electron chi connectivity index (χ4n) is 0.684. The molecule has 0 aromatic carbocycles. The van der Waals surface area contributed by atoms with Gasteiger partial charge in [0.25, 0.3) is 0 Å². The van der Waals surface area contributed by atoms with Gasteiger partial charge < -0.3 is 5.73 Å². The predicted molar refractivity (Wildman–Crippen MR) is 58.6 cm³/mol. The molecule has 0 bridgehead atoms. The number of nitrogens with two attached hydrogens (primary N) is 1. The van der Waals surface area contributed by atoms with Crippen LogP contribution in [0.15, 0.2) is 6.20 Å².